The molecule has 9 heteroatoms. The summed E-state index contributed by atoms with van der Waals surface area (Å²) in [7, 11) is 0. The van der Waals surface area contributed by atoms with Crippen LogP contribution in [0, 0.1) is 18.3 Å². The molecule has 0 atom stereocenters. The molecule has 176 valence electrons. The maximum absolute atomic E-state index is 12.3. The summed E-state index contributed by atoms with van der Waals surface area (Å²) in [6, 6.07) is 15.8. The van der Waals surface area contributed by atoms with Crippen molar-refractivity contribution in [1.29, 1.82) is 5.26 Å². The van der Waals surface area contributed by atoms with Gasteiger partial charge in [-0.25, -0.2) is 10.2 Å². The van der Waals surface area contributed by atoms with E-state index in [1.807, 2.05) is 13.0 Å². The van der Waals surface area contributed by atoms with Gasteiger partial charge >= 0.3 is 17.8 Å². The largest absolute Gasteiger partial charge is 0.423 e. The molecule has 2 amide bonds. The number of hydrogen-bond acceptors (Lipinski definition) is 7. The Hall–Kier alpha value is -4.29. The van der Waals surface area contributed by atoms with Crippen LogP contribution in [0.1, 0.15) is 50.3 Å². The summed E-state index contributed by atoms with van der Waals surface area (Å²) < 4.78 is 5.36. The van der Waals surface area contributed by atoms with Crippen molar-refractivity contribution in [3.05, 3.63) is 81.2 Å². The number of rotatable bonds is 5. The number of aryl methyl sites for hydroxylation is 2. The summed E-state index contributed by atoms with van der Waals surface area (Å²) in [5.74, 6) is -1.93. The van der Waals surface area contributed by atoms with Crippen molar-refractivity contribution in [3.63, 3.8) is 0 Å². The van der Waals surface area contributed by atoms with Gasteiger partial charge in [-0.15, -0.1) is 11.3 Å². The van der Waals surface area contributed by atoms with Crippen LogP contribution in [0.15, 0.2) is 53.6 Å². The number of nitrogens with zero attached hydrogens (tertiary/aromatic N) is 2. The van der Waals surface area contributed by atoms with E-state index in [9.17, 15) is 19.6 Å². The summed E-state index contributed by atoms with van der Waals surface area (Å²) in [5, 5.41) is 16.2. The molecule has 0 bridgehead atoms. The predicted octanol–water partition coefficient (Wildman–Crippen LogP) is 4.12. The maximum atomic E-state index is 12.3. The first-order valence-corrected chi connectivity index (χ1v) is 11.8. The van der Waals surface area contributed by atoms with E-state index >= 15 is 0 Å². The zero-order valence-electron chi connectivity index (χ0n) is 19.0. The van der Waals surface area contributed by atoms with Gasteiger partial charge in [0.2, 0.25) is 0 Å². The number of thiophene rings is 1. The molecular formula is C26H22N4O4S. The van der Waals surface area contributed by atoms with Crippen LogP contribution in [-0.4, -0.2) is 24.0 Å². The molecular weight excluding hydrogens is 464 g/mol. The molecule has 1 heterocycles. The first kappa shape index (κ1) is 23.9. The Bertz CT molecular complexity index is 1350. The maximum Gasteiger partial charge on any atom is 0.343 e. The highest BCUT2D eigenvalue weighted by atomic mass is 32.1. The number of carbonyl (C=O) groups is 3. The van der Waals surface area contributed by atoms with Gasteiger partial charge in [-0.1, -0.05) is 17.7 Å². The Balaban J connectivity index is 1.31. The summed E-state index contributed by atoms with van der Waals surface area (Å²) in [6.07, 6.45) is 5.12. The van der Waals surface area contributed by atoms with Crippen molar-refractivity contribution < 1.29 is 19.1 Å². The predicted molar refractivity (Wildman–Crippen MR) is 133 cm³/mol. The fourth-order valence-electron chi connectivity index (χ4n) is 3.71. The molecule has 1 aliphatic rings. The average Bonchev–Trinajstić information content (AvgIpc) is 3.21. The zero-order chi connectivity index (χ0) is 24.8. The smallest absolute Gasteiger partial charge is 0.343 e. The number of nitriles is 1. The van der Waals surface area contributed by atoms with Crippen LogP contribution in [0.3, 0.4) is 0 Å². The lowest BCUT2D eigenvalue weighted by Gasteiger charge is -2.09. The van der Waals surface area contributed by atoms with Crippen LogP contribution in [0.5, 0.6) is 5.75 Å². The third-order valence-electron chi connectivity index (χ3n) is 5.44. The number of esters is 1. The molecule has 0 radical (unpaired) electrons. The quantitative estimate of drug-likeness (QED) is 0.185. The van der Waals surface area contributed by atoms with E-state index < -0.39 is 17.8 Å². The van der Waals surface area contributed by atoms with Crippen LogP contribution in [0.2, 0.25) is 0 Å². The first-order chi connectivity index (χ1) is 16.9. The summed E-state index contributed by atoms with van der Waals surface area (Å²) in [5.41, 5.74) is 5.64. The molecule has 0 saturated carbocycles. The Kier molecular flexibility index (Phi) is 7.33. The highest BCUT2D eigenvalue weighted by Crippen LogP contribution is 2.37. The second-order valence-electron chi connectivity index (χ2n) is 8.01. The van der Waals surface area contributed by atoms with Crippen molar-refractivity contribution in [3.8, 4) is 11.8 Å². The van der Waals surface area contributed by atoms with E-state index in [2.05, 4.69) is 21.9 Å². The number of hydrogen-bond donors (Lipinski definition) is 2. The fourth-order valence-corrected chi connectivity index (χ4v) is 4.94. The second-order valence-corrected chi connectivity index (χ2v) is 9.11. The molecule has 0 aliphatic heterocycles. The molecule has 8 nitrogen and oxygen atoms in total. The van der Waals surface area contributed by atoms with Gasteiger partial charge in [0.05, 0.1) is 17.3 Å². The Labute approximate surface area is 206 Å². The molecule has 2 aromatic carbocycles. The number of benzene rings is 2. The Morgan fingerprint density at radius 1 is 1.09 bits per heavy atom. The van der Waals surface area contributed by atoms with Gasteiger partial charge in [-0.3, -0.25) is 9.59 Å². The zero-order valence-corrected chi connectivity index (χ0v) is 19.8. The minimum atomic E-state index is -0.944. The monoisotopic (exact) mass is 486 g/mol. The van der Waals surface area contributed by atoms with Crippen molar-refractivity contribution in [2.45, 2.75) is 32.6 Å². The molecule has 0 unspecified atom stereocenters. The number of nitrogens with one attached hydrogen (secondary N) is 2. The Morgan fingerprint density at radius 3 is 2.60 bits per heavy atom. The van der Waals surface area contributed by atoms with Crippen LogP contribution in [0.25, 0.3) is 0 Å². The van der Waals surface area contributed by atoms with Crippen molar-refractivity contribution >= 4 is 40.3 Å². The summed E-state index contributed by atoms with van der Waals surface area (Å²) in [4.78, 5) is 37.7. The fraction of sp³-hybridized carbons (Fsp3) is 0.192. The molecule has 4 rings (SSSR count). The molecule has 0 saturated heterocycles. The lowest BCUT2D eigenvalue weighted by atomic mass is 9.96. The number of anilines is 1. The standard InChI is InChI=1S/C26H22N4O4S/c1-16-5-4-6-18(13-16)26(33)34-19-11-9-17(10-12-19)15-28-30-24(32)23(31)29-25-21(14-27)20-7-2-3-8-22(20)35-25/h4-6,9-13,15H,2-3,7-8H2,1H3,(H,29,31)(H,30,32). The van der Waals surface area contributed by atoms with Crippen molar-refractivity contribution in [1.82, 2.24) is 5.43 Å². The third-order valence-corrected chi connectivity index (χ3v) is 6.65. The van der Waals surface area contributed by atoms with Gasteiger partial charge in [0.1, 0.15) is 16.8 Å². The van der Waals surface area contributed by atoms with Gasteiger partial charge in [-0.2, -0.15) is 10.4 Å². The molecule has 2 N–H and O–H groups in total. The van der Waals surface area contributed by atoms with Gasteiger partial charge in [0.15, 0.2) is 0 Å². The Morgan fingerprint density at radius 2 is 1.86 bits per heavy atom. The molecule has 0 spiro atoms. The van der Waals surface area contributed by atoms with Gasteiger partial charge in [-0.05, 0) is 80.1 Å². The number of carbonyl (C=O) groups excluding carboxylic acids is 3. The normalized spacial score (nSPS) is 12.5. The summed E-state index contributed by atoms with van der Waals surface area (Å²) >= 11 is 1.35. The van der Waals surface area contributed by atoms with Crippen LogP contribution >= 0.6 is 11.3 Å². The minimum Gasteiger partial charge on any atom is -0.423 e. The van der Waals surface area contributed by atoms with Gasteiger partial charge < -0.3 is 10.1 Å². The van der Waals surface area contributed by atoms with E-state index in [-0.39, 0.29) is 0 Å². The third kappa shape index (κ3) is 5.80. The summed E-state index contributed by atoms with van der Waals surface area (Å²) in [6.45, 7) is 1.89. The van der Waals surface area contributed by atoms with Crippen molar-refractivity contribution in [2.75, 3.05) is 5.32 Å². The van der Waals surface area contributed by atoms with E-state index in [0.717, 1.165) is 41.7 Å². The number of ether oxygens (including phenoxy) is 1. The number of fused-ring (bicyclic) bond motifs is 1. The number of hydrazone groups is 1. The van der Waals surface area contributed by atoms with Crippen LogP contribution in [0.4, 0.5) is 5.00 Å². The molecule has 35 heavy (non-hydrogen) atoms. The van der Waals surface area contributed by atoms with Crippen LogP contribution in [-0.2, 0) is 22.4 Å². The highest BCUT2D eigenvalue weighted by molar-refractivity contribution is 7.16. The van der Waals surface area contributed by atoms with E-state index in [0.29, 0.717) is 27.4 Å². The second kappa shape index (κ2) is 10.8. The van der Waals surface area contributed by atoms with Gasteiger partial charge in [0.25, 0.3) is 0 Å². The number of amides is 2. The van der Waals surface area contributed by atoms with Crippen LogP contribution < -0.4 is 15.5 Å². The topological polar surface area (TPSA) is 121 Å². The minimum absolute atomic E-state index is 0.365. The molecule has 3 aromatic rings. The van der Waals surface area contributed by atoms with E-state index in [1.165, 1.54) is 17.6 Å². The van der Waals surface area contributed by atoms with Gasteiger partial charge in [0, 0.05) is 4.88 Å². The molecule has 1 aliphatic carbocycles. The molecule has 1 aromatic heterocycles. The molecule has 0 fully saturated rings. The lowest BCUT2D eigenvalue weighted by molar-refractivity contribution is -0.136. The lowest BCUT2D eigenvalue weighted by Crippen LogP contribution is -2.32. The van der Waals surface area contributed by atoms with E-state index in [4.69, 9.17) is 4.74 Å². The van der Waals surface area contributed by atoms with Crippen molar-refractivity contribution in [2.24, 2.45) is 5.10 Å². The SMILES string of the molecule is Cc1cccc(C(=O)Oc2ccc(C=NNC(=O)C(=O)Nc3sc4c(c3C#N)CCCC4)cc2)c1. The highest BCUT2D eigenvalue weighted by Gasteiger charge is 2.23. The van der Waals surface area contributed by atoms with E-state index in [1.54, 1.807) is 42.5 Å². The average molecular weight is 487 g/mol. The first-order valence-electron chi connectivity index (χ1n) is 11.0.